The number of aromatic nitrogens is 3. The summed E-state index contributed by atoms with van der Waals surface area (Å²) in [5.74, 6) is -2.22. The van der Waals surface area contributed by atoms with Gasteiger partial charge < -0.3 is 19.8 Å². The third kappa shape index (κ3) is 10.0. The number of unbranched alkanes of at least 4 members (excludes halogenated alkanes) is 1. The van der Waals surface area contributed by atoms with Crippen LogP contribution in [-0.4, -0.2) is 81.1 Å². The molecule has 0 spiro atoms. The van der Waals surface area contributed by atoms with Crippen molar-refractivity contribution in [1.82, 2.24) is 19.7 Å². The molecule has 184 valence electrons. The Kier molecular flexibility index (Phi) is 11.0. The van der Waals surface area contributed by atoms with Gasteiger partial charge in [-0.05, 0) is 37.6 Å². The first-order valence-corrected chi connectivity index (χ1v) is 11.0. The Balaban J connectivity index is 0.000000440. The van der Waals surface area contributed by atoms with Gasteiger partial charge >= 0.3 is 17.6 Å². The highest BCUT2D eigenvalue weighted by Gasteiger charge is 2.16. The fourth-order valence-electron chi connectivity index (χ4n) is 3.11. The average molecular weight is 494 g/mol. The number of hydrogen-bond acceptors (Lipinski definition) is 8. The number of ether oxygens (including phenoxy) is 1. The predicted molar refractivity (Wildman–Crippen MR) is 127 cm³/mol. The summed E-state index contributed by atoms with van der Waals surface area (Å²) in [6.45, 7) is 5.72. The highest BCUT2D eigenvalue weighted by molar-refractivity contribution is 6.30. The minimum atomic E-state index is -1.26. The number of halogens is 1. The van der Waals surface area contributed by atoms with E-state index in [-0.39, 0.29) is 0 Å². The zero-order chi connectivity index (χ0) is 24.9. The highest BCUT2D eigenvalue weighted by Crippen LogP contribution is 2.20. The number of benzene rings is 1. The van der Waals surface area contributed by atoms with Crippen LogP contribution in [0.3, 0.4) is 0 Å². The number of rotatable bonds is 9. The maximum atomic E-state index is 11.4. The first-order chi connectivity index (χ1) is 16.2. The van der Waals surface area contributed by atoms with E-state index < -0.39 is 17.6 Å². The van der Waals surface area contributed by atoms with Crippen molar-refractivity contribution in [2.45, 2.75) is 12.8 Å². The van der Waals surface area contributed by atoms with Gasteiger partial charge in [-0.3, -0.25) is 4.90 Å². The molecule has 1 aliphatic heterocycles. The number of aliphatic carboxylic acids is 2. The number of aryl methyl sites for hydroxylation is 1. The van der Waals surface area contributed by atoms with Crippen LogP contribution < -0.4 is 15.3 Å². The molecule has 1 aliphatic rings. The van der Waals surface area contributed by atoms with Crippen LogP contribution in [0.2, 0.25) is 5.02 Å². The molecule has 12 heteroatoms. The Bertz CT molecular complexity index is 1020. The van der Waals surface area contributed by atoms with Crippen LogP contribution in [0.4, 0.5) is 5.69 Å². The van der Waals surface area contributed by atoms with E-state index >= 15 is 0 Å². The van der Waals surface area contributed by atoms with E-state index in [9.17, 15) is 14.4 Å². The summed E-state index contributed by atoms with van der Waals surface area (Å²) < 4.78 is 6.67. The summed E-state index contributed by atoms with van der Waals surface area (Å²) in [5, 5.41) is 20.3. The van der Waals surface area contributed by atoms with Crippen molar-refractivity contribution in [1.29, 1.82) is 0 Å². The van der Waals surface area contributed by atoms with Crippen LogP contribution in [-0.2, 0) is 16.6 Å². The van der Waals surface area contributed by atoms with Crippen molar-refractivity contribution in [2.75, 3.05) is 44.2 Å². The lowest BCUT2D eigenvalue weighted by Gasteiger charge is -2.36. The van der Waals surface area contributed by atoms with Crippen LogP contribution in [0.25, 0.3) is 0 Å². The molecular weight excluding hydrogens is 466 g/mol. The number of hydrogen-bond donors (Lipinski definition) is 2. The summed E-state index contributed by atoms with van der Waals surface area (Å²) in [6, 6.07) is 8.03. The molecule has 0 unspecified atom stereocenters. The molecule has 0 atom stereocenters. The van der Waals surface area contributed by atoms with Gasteiger partial charge in [0.1, 0.15) is 6.20 Å². The monoisotopic (exact) mass is 493 g/mol. The van der Waals surface area contributed by atoms with Gasteiger partial charge in [-0.2, -0.15) is 10.1 Å². The Morgan fingerprint density at radius 3 is 2.38 bits per heavy atom. The molecule has 0 radical (unpaired) electrons. The summed E-state index contributed by atoms with van der Waals surface area (Å²) in [5.41, 5.74) is 0.792. The molecule has 1 saturated heterocycles. The van der Waals surface area contributed by atoms with Crippen LogP contribution >= 0.6 is 11.6 Å². The van der Waals surface area contributed by atoms with Gasteiger partial charge in [0.05, 0.1) is 6.61 Å². The molecular formula is C22H28ClN5O6. The molecule has 1 fully saturated rings. The van der Waals surface area contributed by atoms with Crippen molar-refractivity contribution >= 4 is 29.2 Å². The number of piperazine rings is 1. The van der Waals surface area contributed by atoms with E-state index in [4.69, 9.17) is 26.6 Å². The second-order valence-electron chi connectivity index (χ2n) is 7.37. The Hall–Kier alpha value is -3.44. The lowest BCUT2D eigenvalue weighted by Crippen LogP contribution is -2.46. The van der Waals surface area contributed by atoms with Gasteiger partial charge in [0.15, 0.2) is 0 Å². The van der Waals surface area contributed by atoms with Gasteiger partial charge in [0.2, 0.25) is 5.88 Å². The second kappa shape index (κ2) is 14.0. The molecule has 1 aromatic heterocycles. The van der Waals surface area contributed by atoms with E-state index in [0.717, 1.165) is 50.6 Å². The van der Waals surface area contributed by atoms with Gasteiger partial charge in [-0.25, -0.2) is 19.1 Å². The topological polar surface area (TPSA) is 138 Å². The first-order valence-electron chi connectivity index (χ1n) is 10.6. The Morgan fingerprint density at radius 1 is 1.12 bits per heavy atom. The standard InChI is InChI=1S/C18H24ClN5O2.C4H4O4/c1-22-18(25)21-17(14-20-22)26-12-3-2-7-23-8-10-24(11-9-23)16-6-4-5-15(19)13-16;5-3(6)1-2-4(7)8/h4-6,13-14H,2-3,7-12H2,1H3;1-2H,(H,5,6)(H,7,8)/b;2-1+. The van der Waals surface area contributed by atoms with Crippen LogP contribution in [0.15, 0.2) is 47.4 Å². The minimum Gasteiger partial charge on any atom is -0.478 e. The molecule has 34 heavy (non-hydrogen) atoms. The Morgan fingerprint density at radius 2 is 1.79 bits per heavy atom. The molecule has 2 aromatic rings. The fraction of sp³-hybridized carbons (Fsp3) is 0.409. The van der Waals surface area contributed by atoms with E-state index in [0.29, 0.717) is 24.6 Å². The number of anilines is 1. The number of carboxylic acid groups (broad SMARTS) is 2. The second-order valence-corrected chi connectivity index (χ2v) is 7.81. The molecule has 11 nitrogen and oxygen atoms in total. The third-order valence-corrected chi connectivity index (χ3v) is 5.09. The minimum absolute atomic E-state index is 0.295. The van der Waals surface area contributed by atoms with Gasteiger partial charge in [-0.1, -0.05) is 17.7 Å². The largest absolute Gasteiger partial charge is 0.478 e. The van der Waals surface area contributed by atoms with Crippen LogP contribution in [0.5, 0.6) is 5.88 Å². The Labute approximate surface area is 201 Å². The average Bonchev–Trinajstić information content (AvgIpc) is 2.80. The molecule has 2 N–H and O–H groups in total. The van der Waals surface area contributed by atoms with Crippen molar-refractivity contribution < 1.29 is 24.5 Å². The summed E-state index contributed by atoms with van der Waals surface area (Å²) in [7, 11) is 1.56. The number of nitrogens with zero attached hydrogens (tertiary/aromatic N) is 5. The summed E-state index contributed by atoms with van der Waals surface area (Å²) in [6.07, 6.45) is 4.56. The van der Waals surface area contributed by atoms with Gasteiger partial charge in [-0.15, -0.1) is 0 Å². The normalized spacial score (nSPS) is 13.9. The SMILES string of the molecule is Cn1ncc(OCCCCN2CCN(c3cccc(Cl)c3)CC2)nc1=O.O=C(O)/C=C/C(=O)O. The van der Waals surface area contributed by atoms with Crippen molar-refractivity contribution in [3.05, 3.63) is 58.1 Å². The first kappa shape index (κ1) is 26.8. The lowest BCUT2D eigenvalue weighted by molar-refractivity contribution is -0.134. The van der Waals surface area contributed by atoms with E-state index in [1.54, 1.807) is 7.05 Å². The maximum Gasteiger partial charge on any atom is 0.366 e. The van der Waals surface area contributed by atoms with E-state index in [2.05, 4.69) is 25.9 Å². The van der Waals surface area contributed by atoms with Crippen LogP contribution in [0.1, 0.15) is 12.8 Å². The molecule has 1 aromatic carbocycles. The zero-order valence-electron chi connectivity index (χ0n) is 18.8. The molecule has 2 heterocycles. The summed E-state index contributed by atoms with van der Waals surface area (Å²) >= 11 is 6.08. The van der Waals surface area contributed by atoms with Crippen molar-refractivity contribution in [2.24, 2.45) is 7.05 Å². The smallest absolute Gasteiger partial charge is 0.366 e. The number of carboxylic acids is 2. The lowest BCUT2D eigenvalue weighted by atomic mass is 10.2. The van der Waals surface area contributed by atoms with Crippen molar-refractivity contribution in [3.63, 3.8) is 0 Å². The zero-order valence-corrected chi connectivity index (χ0v) is 19.6. The predicted octanol–water partition coefficient (Wildman–Crippen LogP) is 1.52. The molecule has 0 bridgehead atoms. The van der Waals surface area contributed by atoms with Gasteiger partial charge in [0, 0.05) is 56.1 Å². The van der Waals surface area contributed by atoms with Crippen molar-refractivity contribution in [3.8, 4) is 5.88 Å². The molecule has 0 amide bonds. The molecule has 0 saturated carbocycles. The summed E-state index contributed by atoms with van der Waals surface area (Å²) in [4.78, 5) is 39.1. The third-order valence-electron chi connectivity index (χ3n) is 4.86. The van der Waals surface area contributed by atoms with Crippen LogP contribution in [0, 0.1) is 0 Å². The van der Waals surface area contributed by atoms with Gasteiger partial charge in [0.25, 0.3) is 0 Å². The van der Waals surface area contributed by atoms with E-state index in [1.807, 2.05) is 18.2 Å². The maximum absolute atomic E-state index is 11.4. The fourth-order valence-corrected chi connectivity index (χ4v) is 3.29. The quantitative estimate of drug-likeness (QED) is 0.390. The van der Waals surface area contributed by atoms with E-state index in [1.165, 1.54) is 16.6 Å². The highest BCUT2D eigenvalue weighted by atomic mass is 35.5. The number of carbonyl (C=O) groups is 2. The molecule has 0 aliphatic carbocycles. The molecule has 3 rings (SSSR count).